The summed E-state index contributed by atoms with van der Waals surface area (Å²) < 4.78 is 5.43. The zero-order chi connectivity index (χ0) is 7.56. The fourth-order valence-corrected chi connectivity index (χ4v) is 1.67. The normalized spacial score (nSPS) is 9.50. The number of halogens is 1. The Morgan fingerprint density at radius 3 is 2.60 bits per heavy atom. The van der Waals surface area contributed by atoms with E-state index in [0.29, 0.717) is 5.06 Å². The summed E-state index contributed by atoms with van der Waals surface area (Å²) in [6.07, 6.45) is 0. The average Bonchev–Trinajstić information content (AvgIpc) is 2.13. The molecule has 2 N–H and O–H groups in total. The number of hydrogen-bond donors (Lipinski definition) is 2. The fourth-order valence-electron chi connectivity index (χ4n) is 0.465. The Hall–Kier alpha value is -0.0351. The molecule has 1 aromatic heterocycles. The summed E-state index contributed by atoms with van der Waals surface area (Å²) >= 11 is 4.49. The smallest absolute Gasteiger partial charge is 0.504 e. The van der Waals surface area contributed by atoms with Crippen LogP contribution in [0.3, 0.4) is 0 Å². The summed E-state index contributed by atoms with van der Waals surface area (Å²) in [4.78, 5) is 0. The molecule has 0 radical (unpaired) electrons. The van der Waals surface area contributed by atoms with Crippen molar-refractivity contribution in [3.8, 4) is 5.06 Å². The van der Waals surface area contributed by atoms with Crippen molar-refractivity contribution in [2.45, 2.75) is 0 Å². The van der Waals surface area contributed by atoms with E-state index in [4.69, 9.17) is 10.0 Å². The lowest BCUT2D eigenvalue weighted by Crippen LogP contribution is -2.19. The van der Waals surface area contributed by atoms with Crippen LogP contribution >= 0.6 is 27.3 Å². The third-order valence-electron chi connectivity index (χ3n) is 0.770. The maximum atomic E-state index is 8.34. The van der Waals surface area contributed by atoms with Gasteiger partial charge in [-0.2, -0.15) is 0 Å². The molecule has 0 unspecified atom stereocenters. The number of hydrogen-bond acceptors (Lipinski definition) is 4. The highest BCUT2D eigenvalue weighted by Gasteiger charge is 2.11. The Labute approximate surface area is 70.6 Å². The fraction of sp³-hybridized carbons (Fsp3) is 0. The van der Waals surface area contributed by atoms with Crippen LogP contribution in [0.5, 0.6) is 5.06 Å². The van der Waals surface area contributed by atoms with E-state index in [9.17, 15) is 0 Å². The van der Waals surface area contributed by atoms with Crippen molar-refractivity contribution >= 4 is 34.6 Å². The lowest BCUT2D eigenvalue weighted by molar-refractivity contribution is 0.292. The van der Waals surface area contributed by atoms with Gasteiger partial charge in [0.1, 0.15) is 0 Å². The Balaban J connectivity index is 2.58. The van der Waals surface area contributed by atoms with Crippen LogP contribution in [0.15, 0.2) is 15.9 Å². The molecule has 0 atom stereocenters. The molecule has 0 aliphatic heterocycles. The molecule has 54 valence electrons. The average molecular weight is 223 g/mol. The molecule has 0 bridgehead atoms. The quantitative estimate of drug-likeness (QED) is 0.730. The van der Waals surface area contributed by atoms with Crippen molar-refractivity contribution in [2.75, 3.05) is 0 Å². The first kappa shape index (κ1) is 8.07. The van der Waals surface area contributed by atoms with Crippen LogP contribution in [0.2, 0.25) is 0 Å². The molecule has 0 aliphatic carbocycles. The van der Waals surface area contributed by atoms with Gasteiger partial charge in [-0.3, -0.25) is 0 Å². The molecule has 1 aromatic rings. The molecule has 0 saturated carbocycles. The predicted octanol–water partition coefficient (Wildman–Crippen LogP) is 0.859. The molecule has 0 saturated heterocycles. The molecular formula is C4H4BBrO3S. The van der Waals surface area contributed by atoms with E-state index in [1.807, 2.05) is 0 Å². The van der Waals surface area contributed by atoms with Crippen LogP contribution in [0, 0.1) is 0 Å². The summed E-state index contributed by atoms with van der Waals surface area (Å²) in [6.45, 7) is 0. The molecule has 0 amide bonds. The van der Waals surface area contributed by atoms with Crippen LogP contribution in [0.1, 0.15) is 0 Å². The molecule has 1 heterocycles. The van der Waals surface area contributed by atoms with Crippen molar-refractivity contribution in [3.05, 3.63) is 15.9 Å². The Bertz CT molecular complexity index is 214. The second-order valence-electron chi connectivity index (χ2n) is 1.50. The third kappa shape index (κ3) is 2.30. The first-order valence-electron chi connectivity index (χ1n) is 2.46. The highest BCUT2D eigenvalue weighted by Crippen LogP contribution is 2.28. The van der Waals surface area contributed by atoms with Crippen molar-refractivity contribution in [1.29, 1.82) is 0 Å². The van der Waals surface area contributed by atoms with Gasteiger partial charge in [0.15, 0.2) is 5.06 Å². The predicted molar refractivity (Wildman–Crippen MR) is 42.8 cm³/mol. The van der Waals surface area contributed by atoms with E-state index in [1.165, 1.54) is 11.3 Å². The Morgan fingerprint density at radius 1 is 1.50 bits per heavy atom. The molecule has 6 heteroatoms. The highest BCUT2D eigenvalue weighted by atomic mass is 79.9. The van der Waals surface area contributed by atoms with E-state index >= 15 is 0 Å². The topological polar surface area (TPSA) is 49.7 Å². The Morgan fingerprint density at radius 2 is 2.20 bits per heavy atom. The minimum Gasteiger partial charge on any atom is -0.504 e. The molecule has 0 aromatic carbocycles. The maximum Gasteiger partial charge on any atom is 0.708 e. The van der Waals surface area contributed by atoms with E-state index in [1.54, 1.807) is 12.1 Å². The summed E-state index contributed by atoms with van der Waals surface area (Å²) in [5.41, 5.74) is 0. The monoisotopic (exact) mass is 222 g/mol. The second kappa shape index (κ2) is 3.38. The zero-order valence-corrected chi connectivity index (χ0v) is 7.22. The van der Waals surface area contributed by atoms with E-state index < -0.39 is 7.32 Å². The lowest BCUT2D eigenvalue weighted by Gasteiger charge is -1.97. The minimum atomic E-state index is -1.73. The molecule has 0 fully saturated rings. The molecular weight excluding hydrogens is 219 g/mol. The van der Waals surface area contributed by atoms with Gasteiger partial charge in [-0.15, -0.1) is 0 Å². The van der Waals surface area contributed by atoms with Gasteiger partial charge in [0, 0.05) is 0 Å². The van der Waals surface area contributed by atoms with Crippen molar-refractivity contribution in [1.82, 2.24) is 0 Å². The van der Waals surface area contributed by atoms with Crippen LogP contribution in [0.25, 0.3) is 0 Å². The van der Waals surface area contributed by atoms with Gasteiger partial charge in [0.25, 0.3) is 0 Å². The summed E-state index contributed by atoms with van der Waals surface area (Å²) in [5, 5.41) is 17.2. The molecule has 3 nitrogen and oxygen atoms in total. The van der Waals surface area contributed by atoms with E-state index in [-0.39, 0.29) is 0 Å². The molecule has 10 heavy (non-hydrogen) atoms. The molecule has 0 aliphatic rings. The highest BCUT2D eigenvalue weighted by molar-refractivity contribution is 9.11. The third-order valence-corrected chi connectivity index (χ3v) is 2.28. The molecule has 0 spiro atoms. The van der Waals surface area contributed by atoms with Crippen LogP contribution in [0.4, 0.5) is 0 Å². The van der Waals surface area contributed by atoms with Crippen LogP contribution in [-0.4, -0.2) is 17.4 Å². The largest absolute Gasteiger partial charge is 0.708 e. The summed E-state index contributed by atoms with van der Waals surface area (Å²) in [6, 6.07) is 3.41. The molecule has 1 rings (SSSR count). The van der Waals surface area contributed by atoms with Crippen molar-refractivity contribution in [3.63, 3.8) is 0 Å². The first-order valence-corrected chi connectivity index (χ1v) is 4.07. The summed E-state index contributed by atoms with van der Waals surface area (Å²) in [7, 11) is -1.73. The van der Waals surface area contributed by atoms with Gasteiger partial charge in [0.05, 0.1) is 3.79 Å². The van der Waals surface area contributed by atoms with Crippen molar-refractivity contribution < 1.29 is 14.7 Å². The van der Waals surface area contributed by atoms with Gasteiger partial charge >= 0.3 is 7.32 Å². The first-order chi connectivity index (χ1) is 4.68. The van der Waals surface area contributed by atoms with Gasteiger partial charge < -0.3 is 14.7 Å². The van der Waals surface area contributed by atoms with E-state index in [0.717, 1.165) is 3.79 Å². The maximum absolute atomic E-state index is 8.34. The zero-order valence-electron chi connectivity index (χ0n) is 4.82. The number of rotatable bonds is 2. The SMILES string of the molecule is OB(O)Oc1ccc(Br)s1. The van der Waals surface area contributed by atoms with Gasteiger partial charge in [-0.05, 0) is 28.1 Å². The van der Waals surface area contributed by atoms with Gasteiger partial charge in [0.2, 0.25) is 0 Å². The minimum absolute atomic E-state index is 0.474. The van der Waals surface area contributed by atoms with Crippen LogP contribution < -0.4 is 4.65 Å². The van der Waals surface area contributed by atoms with Gasteiger partial charge in [-0.1, -0.05) is 11.3 Å². The van der Waals surface area contributed by atoms with E-state index in [2.05, 4.69) is 20.6 Å². The number of thiophene rings is 1. The lowest BCUT2D eigenvalue weighted by atomic mass is 10.3. The van der Waals surface area contributed by atoms with Crippen LogP contribution in [-0.2, 0) is 0 Å². The Kier molecular flexibility index (Phi) is 2.73. The van der Waals surface area contributed by atoms with Crippen molar-refractivity contribution in [2.24, 2.45) is 0 Å². The standard InChI is InChI=1S/C4H4BBrO3S/c6-3-1-2-4(10-3)9-5(7)8/h1-2,7-8H. The van der Waals surface area contributed by atoms with Gasteiger partial charge in [-0.25, -0.2) is 0 Å². The summed E-state index contributed by atoms with van der Waals surface area (Å²) in [5.74, 6) is 0. The second-order valence-corrected chi connectivity index (χ2v) is 3.93.